The van der Waals surface area contributed by atoms with E-state index < -0.39 is 0 Å². The Morgan fingerprint density at radius 2 is 2.05 bits per heavy atom. The Hall–Kier alpha value is -2.27. The number of amides is 1. The van der Waals surface area contributed by atoms with Gasteiger partial charge in [0.05, 0.1) is 23.0 Å². The van der Waals surface area contributed by atoms with Crippen molar-refractivity contribution in [3.63, 3.8) is 0 Å². The maximum absolute atomic E-state index is 12.5. The summed E-state index contributed by atoms with van der Waals surface area (Å²) in [4.78, 5) is 12.5. The predicted molar refractivity (Wildman–Crippen MR) is 79.8 cm³/mol. The molecule has 2 unspecified atom stereocenters. The van der Waals surface area contributed by atoms with Crippen LogP contribution in [0, 0.1) is 13.8 Å². The van der Waals surface area contributed by atoms with Crippen molar-refractivity contribution in [2.45, 2.75) is 32.4 Å². The van der Waals surface area contributed by atoms with Crippen molar-refractivity contribution in [3.8, 4) is 0 Å². The summed E-state index contributed by atoms with van der Waals surface area (Å²) in [6, 6.07) is 9.56. The molecular formula is C16H18N4O. The maximum atomic E-state index is 12.5. The first-order chi connectivity index (χ1) is 10.1. The number of carbonyl (C=O) groups is 1. The lowest BCUT2D eigenvalue weighted by atomic mass is 10.1. The number of fused-ring (bicyclic) bond motifs is 1. The molecule has 2 aromatic rings. The maximum Gasteiger partial charge on any atom is 0.253 e. The van der Waals surface area contributed by atoms with Crippen LogP contribution in [0.5, 0.6) is 0 Å². The van der Waals surface area contributed by atoms with Crippen LogP contribution in [0.2, 0.25) is 0 Å². The molecular weight excluding hydrogens is 264 g/mol. The Kier molecular flexibility index (Phi) is 3.43. The summed E-state index contributed by atoms with van der Waals surface area (Å²) in [5.74, 6) is -0.150. The molecule has 2 atom stereocenters. The molecule has 1 aromatic carbocycles. The Morgan fingerprint density at radius 3 is 2.86 bits per heavy atom. The van der Waals surface area contributed by atoms with Gasteiger partial charge in [-0.25, -0.2) is 0 Å². The highest BCUT2D eigenvalue weighted by Crippen LogP contribution is 2.30. The van der Waals surface area contributed by atoms with Crippen LogP contribution >= 0.6 is 0 Å². The Balaban J connectivity index is 1.87. The van der Waals surface area contributed by atoms with Crippen LogP contribution in [0.25, 0.3) is 0 Å². The molecule has 1 amide bonds. The summed E-state index contributed by atoms with van der Waals surface area (Å²) >= 11 is 0. The van der Waals surface area contributed by atoms with E-state index in [-0.39, 0.29) is 18.0 Å². The van der Waals surface area contributed by atoms with Crippen LogP contribution in [0.15, 0.2) is 30.3 Å². The average Bonchev–Trinajstić information content (AvgIpc) is 2.78. The molecule has 0 saturated heterocycles. The lowest BCUT2D eigenvalue weighted by Crippen LogP contribution is -2.38. The lowest BCUT2D eigenvalue weighted by molar-refractivity contribution is 0.0931. The van der Waals surface area contributed by atoms with Crippen molar-refractivity contribution in [1.82, 2.24) is 15.5 Å². The van der Waals surface area contributed by atoms with E-state index in [9.17, 15) is 4.79 Å². The minimum absolute atomic E-state index is 0.0949. The SMILES string of the molecule is Cc1cc(C(=O)NC2c3ccccc3CC2N)c(C)nn1. The molecule has 5 nitrogen and oxygen atoms in total. The van der Waals surface area contributed by atoms with Crippen molar-refractivity contribution in [2.24, 2.45) is 5.73 Å². The molecule has 108 valence electrons. The van der Waals surface area contributed by atoms with Gasteiger partial charge >= 0.3 is 0 Å². The van der Waals surface area contributed by atoms with Gasteiger partial charge in [0.1, 0.15) is 0 Å². The van der Waals surface area contributed by atoms with Crippen LogP contribution in [-0.2, 0) is 6.42 Å². The van der Waals surface area contributed by atoms with Gasteiger partial charge in [0, 0.05) is 6.04 Å². The second kappa shape index (κ2) is 5.26. The largest absolute Gasteiger partial charge is 0.344 e. The van der Waals surface area contributed by atoms with E-state index >= 15 is 0 Å². The third-order valence-corrected chi connectivity index (χ3v) is 3.91. The van der Waals surface area contributed by atoms with Crippen LogP contribution < -0.4 is 11.1 Å². The molecule has 1 aliphatic carbocycles. The van der Waals surface area contributed by atoms with E-state index in [2.05, 4.69) is 21.6 Å². The summed E-state index contributed by atoms with van der Waals surface area (Å²) in [7, 11) is 0. The fourth-order valence-electron chi connectivity index (χ4n) is 2.81. The zero-order valence-electron chi connectivity index (χ0n) is 12.1. The number of rotatable bonds is 2. The number of nitrogens with zero attached hydrogens (tertiary/aromatic N) is 2. The molecule has 3 rings (SSSR count). The highest BCUT2D eigenvalue weighted by atomic mass is 16.1. The van der Waals surface area contributed by atoms with Gasteiger partial charge in [0.15, 0.2) is 0 Å². The number of aromatic nitrogens is 2. The fraction of sp³-hybridized carbons (Fsp3) is 0.312. The number of nitrogens with one attached hydrogen (secondary N) is 1. The van der Waals surface area contributed by atoms with Crippen LogP contribution in [0.4, 0.5) is 0 Å². The predicted octanol–water partition coefficient (Wildman–Crippen LogP) is 1.45. The number of benzene rings is 1. The van der Waals surface area contributed by atoms with Gasteiger partial charge in [-0.15, -0.1) is 0 Å². The molecule has 5 heteroatoms. The van der Waals surface area contributed by atoms with E-state index in [1.807, 2.05) is 25.1 Å². The first-order valence-electron chi connectivity index (χ1n) is 7.01. The zero-order chi connectivity index (χ0) is 15.0. The Morgan fingerprint density at radius 1 is 1.29 bits per heavy atom. The molecule has 0 aliphatic heterocycles. The van der Waals surface area contributed by atoms with E-state index in [0.717, 1.165) is 17.7 Å². The van der Waals surface area contributed by atoms with Crippen molar-refractivity contribution >= 4 is 5.91 Å². The van der Waals surface area contributed by atoms with E-state index in [0.29, 0.717) is 11.3 Å². The molecule has 21 heavy (non-hydrogen) atoms. The number of hydrogen-bond donors (Lipinski definition) is 2. The third kappa shape index (κ3) is 2.52. The quantitative estimate of drug-likeness (QED) is 0.873. The number of nitrogens with two attached hydrogens (primary N) is 1. The first-order valence-corrected chi connectivity index (χ1v) is 7.01. The summed E-state index contributed by atoms with van der Waals surface area (Å²) < 4.78 is 0. The van der Waals surface area contributed by atoms with Gasteiger partial charge < -0.3 is 11.1 Å². The smallest absolute Gasteiger partial charge is 0.253 e. The first kappa shape index (κ1) is 13.7. The zero-order valence-corrected chi connectivity index (χ0v) is 12.1. The van der Waals surface area contributed by atoms with Gasteiger partial charge in [-0.3, -0.25) is 4.79 Å². The molecule has 0 saturated carbocycles. The van der Waals surface area contributed by atoms with E-state index in [4.69, 9.17) is 5.73 Å². The molecule has 1 heterocycles. The topological polar surface area (TPSA) is 80.9 Å². The molecule has 3 N–H and O–H groups in total. The van der Waals surface area contributed by atoms with Gasteiger partial charge in [-0.1, -0.05) is 24.3 Å². The van der Waals surface area contributed by atoms with Crippen molar-refractivity contribution in [1.29, 1.82) is 0 Å². The second-order valence-electron chi connectivity index (χ2n) is 5.50. The normalized spacial score (nSPS) is 20.1. The molecule has 1 aromatic heterocycles. The molecule has 0 fully saturated rings. The van der Waals surface area contributed by atoms with Crippen molar-refractivity contribution < 1.29 is 4.79 Å². The fourth-order valence-corrected chi connectivity index (χ4v) is 2.81. The highest BCUT2D eigenvalue weighted by molar-refractivity contribution is 5.95. The standard InChI is InChI=1S/C16H18N4O/c1-9-7-13(10(2)20-19-9)16(21)18-15-12-6-4-3-5-11(12)8-14(15)17/h3-7,14-15H,8,17H2,1-2H3,(H,18,21). The van der Waals surface area contributed by atoms with Gasteiger partial charge in [0.25, 0.3) is 5.91 Å². The van der Waals surface area contributed by atoms with Crippen LogP contribution in [-0.4, -0.2) is 22.1 Å². The summed E-state index contributed by atoms with van der Waals surface area (Å²) in [5, 5.41) is 11.0. The second-order valence-corrected chi connectivity index (χ2v) is 5.50. The molecule has 0 radical (unpaired) electrons. The Bertz CT molecular complexity index is 698. The number of aryl methyl sites for hydroxylation is 2. The van der Waals surface area contributed by atoms with Crippen LogP contribution in [0.1, 0.15) is 38.9 Å². The third-order valence-electron chi connectivity index (χ3n) is 3.91. The van der Waals surface area contributed by atoms with Crippen molar-refractivity contribution in [2.75, 3.05) is 0 Å². The lowest BCUT2D eigenvalue weighted by Gasteiger charge is -2.19. The number of carbonyl (C=O) groups excluding carboxylic acids is 1. The summed E-state index contributed by atoms with van der Waals surface area (Å²) in [6.07, 6.45) is 0.785. The number of hydrogen-bond acceptors (Lipinski definition) is 4. The molecule has 0 bridgehead atoms. The van der Waals surface area contributed by atoms with Gasteiger partial charge in [-0.05, 0) is 37.5 Å². The molecule has 0 spiro atoms. The average molecular weight is 282 g/mol. The van der Waals surface area contributed by atoms with Gasteiger partial charge in [-0.2, -0.15) is 10.2 Å². The van der Waals surface area contributed by atoms with Gasteiger partial charge in [0.2, 0.25) is 0 Å². The Labute approximate surface area is 123 Å². The highest BCUT2D eigenvalue weighted by Gasteiger charge is 2.31. The summed E-state index contributed by atoms with van der Waals surface area (Å²) in [5.41, 5.74) is 10.4. The monoisotopic (exact) mass is 282 g/mol. The summed E-state index contributed by atoms with van der Waals surface area (Å²) in [6.45, 7) is 3.60. The van der Waals surface area contributed by atoms with Crippen LogP contribution in [0.3, 0.4) is 0 Å². The van der Waals surface area contributed by atoms with E-state index in [1.165, 1.54) is 5.56 Å². The minimum atomic E-state index is -0.151. The van der Waals surface area contributed by atoms with Crippen molar-refractivity contribution in [3.05, 3.63) is 58.4 Å². The minimum Gasteiger partial charge on any atom is -0.344 e. The molecule has 1 aliphatic rings. The van der Waals surface area contributed by atoms with E-state index in [1.54, 1.807) is 13.0 Å².